The maximum absolute atomic E-state index is 11.0. The van der Waals surface area contributed by atoms with E-state index in [1.165, 1.54) is 32.1 Å². The standard InChI is InChI=1S/C24H52N5OP/c1-4-25-12-14-26(5-2)16-18-28(19-17-27(6-3)15-13-25)20-24(30)21-29(22-31)23-10-8-7-9-11-23/h23-24,30H,4-22,31H2,1-3H3. The maximum atomic E-state index is 11.0. The van der Waals surface area contributed by atoms with Crippen molar-refractivity contribution in [1.82, 2.24) is 24.5 Å². The average molecular weight is 458 g/mol. The molecule has 1 saturated carbocycles. The van der Waals surface area contributed by atoms with Crippen LogP contribution in [-0.2, 0) is 0 Å². The first-order valence-electron chi connectivity index (χ1n) is 13.1. The van der Waals surface area contributed by atoms with Crippen molar-refractivity contribution in [3.05, 3.63) is 0 Å². The minimum atomic E-state index is -0.267. The highest BCUT2D eigenvalue weighted by molar-refractivity contribution is 7.16. The zero-order chi connectivity index (χ0) is 22.5. The Morgan fingerprint density at radius 3 is 1.55 bits per heavy atom. The van der Waals surface area contributed by atoms with Crippen LogP contribution in [0.1, 0.15) is 52.9 Å². The molecule has 2 atom stereocenters. The molecule has 1 saturated heterocycles. The van der Waals surface area contributed by atoms with Gasteiger partial charge in [0, 0.05) is 77.8 Å². The first-order valence-corrected chi connectivity index (χ1v) is 13.9. The van der Waals surface area contributed by atoms with Crippen molar-refractivity contribution in [2.45, 2.75) is 65.0 Å². The van der Waals surface area contributed by atoms with E-state index in [1.807, 2.05) is 0 Å². The predicted octanol–water partition coefficient (Wildman–Crippen LogP) is 2.10. The fraction of sp³-hybridized carbons (Fsp3) is 1.00. The van der Waals surface area contributed by atoms with Crippen LogP contribution in [0.3, 0.4) is 0 Å². The van der Waals surface area contributed by atoms with Crippen molar-refractivity contribution in [3.63, 3.8) is 0 Å². The van der Waals surface area contributed by atoms with Gasteiger partial charge in [-0.3, -0.25) is 9.80 Å². The van der Waals surface area contributed by atoms with Crippen LogP contribution in [0.4, 0.5) is 0 Å². The number of likely N-dealkylation sites (N-methyl/N-ethyl adjacent to an activating group) is 3. The Morgan fingerprint density at radius 1 is 0.742 bits per heavy atom. The highest BCUT2D eigenvalue weighted by Crippen LogP contribution is 2.23. The molecule has 2 rings (SSSR count). The van der Waals surface area contributed by atoms with E-state index >= 15 is 0 Å². The molecule has 2 unspecified atom stereocenters. The van der Waals surface area contributed by atoms with Crippen LogP contribution < -0.4 is 0 Å². The number of hydrogen-bond acceptors (Lipinski definition) is 6. The lowest BCUT2D eigenvalue weighted by atomic mass is 9.94. The summed E-state index contributed by atoms with van der Waals surface area (Å²) in [6.07, 6.45) is 7.40. The second kappa shape index (κ2) is 15.9. The minimum absolute atomic E-state index is 0.267. The fourth-order valence-corrected chi connectivity index (χ4v) is 5.60. The molecule has 2 fully saturated rings. The van der Waals surface area contributed by atoms with Crippen molar-refractivity contribution in [2.75, 3.05) is 91.4 Å². The third-order valence-electron chi connectivity index (χ3n) is 7.51. The van der Waals surface area contributed by atoms with Crippen LogP contribution in [-0.4, -0.2) is 133 Å². The Bertz CT molecular complexity index is 432. The van der Waals surface area contributed by atoms with Crippen molar-refractivity contribution in [2.24, 2.45) is 0 Å². The number of aliphatic hydroxyl groups excluding tert-OH is 1. The zero-order valence-corrected chi connectivity index (χ0v) is 22.0. The third-order valence-corrected chi connectivity index (χ3v) is 7.98. The molecule has 0 spiro atoms. The Balaban J connectivity index is 1.92. The van der Waals surface area contributed by atoms with Gasteiger partial charge in [0.25, 0.3) is 0 Å². The molecule has 2 aliphatic rings. The summed E-state index contributed by atoms with van der Waals surface area (Å²) < 4.78 is 0. The van der Waals surface area contributed by atoms with Crippen LogP contribution in [0.5, 0.6) is 0 Å². The van der Waals surface area contributed by atoms with Crippen molar-refractivity contribution in [1.29, 1.82) is 0 Å². The van der Waals surface area contributed by atoms with Gasteiger partial charge in [0.05, 0.1) is 6.10 Å². The van der Waals surface area contributed by atoms with E-state index in [0.717, 1.165) is 91.4 Å². The first kappa shape index (κ1) is 27.4. The number of rotatable bonds is 9. The molecule has 7 heteroatoms. The molecule has 0 bridgehead atoms. The SMILES string of the molecule is CCN1CCN(CC)CCN(CC(O)CN(CP)C2CCCCC2)CCN(CC)CC1. The van der Waals surface area contributed by atoms with Crippen LogP contribution in [0, 0.1) is 0 Å². The Hall–Kier alpha value is 0.190. The van der Waals surface area contributed by atoms with E-state index in [2.05, 4.69) is 54.5 Å². The highest BCUT2D eigenvalue weighted by atomic mass is 31.0. The van der Waals surface area contributed by atoms with E-state index in [9.17, 15) is 5.11 Å². The van der Waals surface area contributed by atoms with Gasteiger partial charge in [-0.1, -0.05) is 40.0 Å². The Kier molecular flexibility index (Phi) is 14.1. The van der Waals surface area contributed by atoms with Gasteiger partial charge < -0.3 is 19.8 Å². The summed E-state index contributed by atoms with van der Waals surface area (Å²) >= 11 is 0. The quantitative estimate of drug-likeness (QED) is 0.535. The topological polar surface area (TPSA) is 36.4 Å². The molecule has 0 aromatic carbocycles. The lowest BCUT2D eigenvalue weighted by molar-refractivity contribution is 0.0500. The van der Waals surface area contributed by atoms with E-state index < -0.39 is 0 Å². The van der Waals surface area contributed by atoms with Gasteiger partial charge in [-0.25, -0.2) is 0 Å². The number of aliphatic hydroxyl groups is 1. The largest absolute Gasteiger partial charge is 0.390 e. The summed E-state index contributed by atoms with van der Waals surface area (Å²) in [5, 5.41) is 11.0. The lowest BCUT2D eigenvalue weighted by Gasteiger charge is -2.37. The Morgan fingerprint density at radius 2 is 1.16 bits per heavy atom. The maximum Gasteiger partial charge on any atom is 0.0794 e. The summed E-state index contributed by atoms with van der Waals surface area (Å²) in [5.41, 5.74) is 0. The summed E-state index contributed by atoms with van der Waals surface area (Å²) in [5.74, 6) is 0. The fourth-order valence-electron chi connectivity index (χ4n) is 5.16. The summed E-state index contributed by atoms with van der Waals surface area (Å²) in [7, 11) is 2.90. The number of hydrogen-bond donors (Lipinski definition) is 1. The van der Waals surface area contributed by atoms with Gasteiger partial charge >= 0.3 is 0 Å². The van der Waals surface area contributed by atoms with E-state index in [0.29, 0.717) is 6.04 Å². The monoisotopic (exact) mass is 457 g/mol. The molecule has 184 valence electrons. The summed E-state index contributed by atoms with van der Waals surface area (Å²) in [6.45, 7) is 20.7. The molecule has 0 radical (unpaired) electrons. The summed E-state index contributed by atoms with van der Waals surface area (Å²) in [4.78, 5) is 12.8. The normalized spacial score (nSPS) is 24.2. The second-order valence-corrected chi connectivity index (χ2v) is 9.87. The molecule has 1 N–H and O–H groups in total. The average Bonchev–Trinajstić information content (AvgIpc) is 2.80. The third kappa shape index (κ3) is 10.3. The van der Waals surface area contributed by atoms with Crippen LogP contribution in [0.2, 0.25) is 0 Å². The van der Waals surface area contributed by atoms with Crippen LogP contribution >= 0.6 is 9.24 Å². The molecule has 31 heavy (non-hydrogen) atoms. The number of nitrogens with zero attached hydrogens (tertiary/aromatic N) is 5. The molecule has 6 nitrogen and oxygen atoms in total. The first-order chi connectivity index (χ1) is 15.1. The number of β-amino-alcohol motifs (C(OH)–C–C–N with tert-alkyl or cyclic N) is 1. The second-order valence-electron chi connectivity index (χ2n) is 9.50. The molecular weight excluding hydrogens is 405 g/mol. The van der Waals surface area contributed by atoms with Crippen LogP contribution in [0.25, 0.3) is 0 Å². The van der Waals surface area contributed by atoms with Gasteiger partial charge in [0.2, 0.25) is 0 Å². The van der Waals surface area contributed by atoms with E-state index in [-0.39, 0.29) is 6.10 Å². The Labute approximate surface area is 195 Å². The van der Waals surface area contributed by atoms with Gasteiger partial charge in [0.15, 0.2) is 0 Å². The summed E-state index contributed by atoms with van der Waals surface area (Å²) in [6, 6.07) is 0.667. The molecular formula is C24H52N5OP. The zero-order valence-electron chi connectivity index (χ0n) is 20.9. The van der Waals surface area contributed by atoms with Crippen molar-refractivity contribution < 1.29 is 5.11 Å². The molecule has 1 aliphatic heterocycles. The molecule has 0 amide bonds. The molecule has 1 aliphatic carbocycles. The van der Waals surface area contributed by atoms with E-state index in [1.54, 1.807) is 0 Å². The highest BCUT2D eigenvalue weighted by Gasteiger charge is 2.23. The smallest absolute Gasteiger partial charge is 0.0794 e. The molecule has 0 aromatic heterocycles. The van der Waals surface area contributed by atoms with E-state index in [4.69, 9.17) is 0 Å². The molecule has 1 heterocycles. The molecule has 0 aromatic rings. The van der Waals surface area contributed by atoms with Crippen molar-refractivity contribution >= 4 is 9.24 Å². The van der Waals surface area contributed by atoms with Gasteiger partial charge in [0.1, 0.15) is 0 Å². The predicted molar refractivity (Wildman–Crippen MR) is 137 cm³/mol. The van der Waals surface area contributed by atoms with Gasteiger partial charge in [-0.15, -0.1) is 9.24 Å². The van der Waals surface area contributed by atoms with Crippen LogP contribution in [0.15, 0.2) is 0 Å². The van der Waals surface area contributed by atoms with Gasteiger partial charge in [-0.2, -0.15) is 0 Å². The minimum Gasteiger partial charge on any atom is -0.390 e. The van der Waals surface area contributed by atoms with Crippen molar-refractivity contribution in [3.8, 4) is 0 Å². The van der Waals surface area contributed by atoms with Gasteiger partial charge in [-0.05, 0) is 32.5 Å². The lowest BCUT2D eigenvalue weighted by Crippen LogP contribution is -2.49.